The van der Waals surface area contributed by atoms with Gasteiger partial charge in [-0.25, -0.2) is 4.98 Å². The van der Waals surface area contributed by atoms with Crippen LogP contribution in [0.4, 0.5) is 0 Å². The van der Waals surface area contributed by atoms with Crippen LogP contribution in [0.5, 0.6) is 0 Å². The zero-order valence-electron chi connectivity index (χ0n) is 14.7. The lowest BCUT2D eigenvalue weighted by atomic mass is 9.83. The molecule has 2 aliphatic rings. The van der Waals surface area contributed by atoms with Gasteiger partial charge in [0.05, 0.1) is 24.4 Å². The largest absolute Gasteiger partial charge is 0.654 e. The highest BCUT2D eigenvalue weighted by Gasteiger charge is 2.38. The van der Waals surface area contributed by atoms with E-state index < -0.39 is 19.1 Å². The average Bonchev–Trinajstić information content (AvgIpc) is 3.33. The topological polar surface area (TPSA) is 73.7 Å². The average molecular weight is 353 g/mol. The first-order valence-electron chi connectivity index (χ1n) is 8.73. The summed E-state index contributed by atoms with van der Waals surface area (Å²) in [5.74, 6) is -0.273. The third-order valence-electron chi connectivity index (χ3n) is 4.66. The normalized spacial score (nSPS) is 19.0. The Morgan fingerprint density at radius 3 is 2.58 bits per heavy atom. The van der Waals surface area contributed by atoms with Gasteiger partial charge in [0, 0.05) is 11.9 Å². The van der Waals surface area contributed by atoms with Crippen molar-refractivity contribution >= 4 is 41.8 Å². The quantitative estimate of drug-likeness (QED) is 0.758. The summed E-state index contributed by atoms with van der Waals surface area (Å²) in [6, 6.07) is 5.71. The third-order valence-corrected chi connectivity index (χ3v) is 4.66. The molecule has 1 saturated heterocycles. The van der Waals surface area contributed by atoms with E-state index in [9.17, 15) is 9.59 Å². The molecular weight excluding hydrogens is 333 g/mol. The smallest absolute Gasteiger partial charge is 0.493 e. The molecular formula is C18H20BN3O4. The monoisotopic (exact) mass is 353 g/mol. The number of aromatic nitrogens is 2. The van der Waals surface area contributed by atoms with Gasteiger partial charge >= 0.3 is 19.1 Å². The minimum absolute atomic E-state index is 0.0489. The van der Waals surface area contributed by atoms with Crippen LogP contribution in [0.1, 0.15) is 18.5 Å². The molecule has 2 fully saturated rings. The van der Waals surface area contributed by atoms with E-state index in [2.05, 4.69) is 11.6 Å². The Kier molecular flexibility index (Phi) is 4.28. The summed E-state index contributed by atoms with van der Waals surface area (Å²) in [4.78, 5) is 30.4. The van der Waals surface area contributed by atoms with Crippen LogP contribution in [0.15, 0.2) is 24.8 Å². The molecule has 1 aliphatic heterocycles. The first-order chi connectivity index (χ1) is 12.5. The Morgan fingerprint density at radius 2 is 1.96 bits per heavy atom. The Bertz CT molecular complexity index is 870. The second-order valence-electron chi connectivity index (χ2n) is 6.96. The lowest BCUT2D eigenvalue weighted by Crippen LogP contribution is -2.50. The maximum absolute atomic E-state index is 12.1. The van der Waals surface area contributed by atoms with E-state index >= 15 is 0 Å². The third kappa shape index (κ3) is 3.37. The van der Waals surface area contributed by atoms with Gasteiger partial charge in [-0.2, -0.15) is 0 Å². The molecule has 2 aromatic heterocycles. The number of likely N-dealkylation sites (N-methyl/N-ethyl adjacent to an activating group) is 1. The van der Waals surface area contributed by atoms with Gasteiger partial charge in [-0.05, 0) is 50.1 Å². The fourth-order valence-electron chi connectivity index (χ4n) is 3.18. The van der Waals surface area contributed by atoms with Gasteiger partial charge in [-0.3, -0.25) is 14.5 Å². The summed E-state index contributed by atoms with van der Waals surface area (Å²) in [5.41, 5.74) is 2.20. The van der Waals surface area contributed by atoms with Crippen LogP contribution in [0, 0.1) is 5.92 Å². The van der Waals surface area contributed by atoms with Crippen LogP contribution in [0.3, 0.4) is 0 Å². The number of hydrogen-bond acceptors (Lipinski definition) is 6. The van der Waals surface area contributed by atoms with Crippen molar-refractivity contribution in [3.63, 3.8) is 0 Å². The van der Waals surface area contributed by atoms with E-state index in [1.165, 1.54) is 0 Å². The first-order valence-corrected chi connectivity index (χ1v) is 8.73. The number of carbonyl (C=O) groups is 2. The molecule has 1 saturated carbocycles. The van der Waals surface area contributed by atoms with Gasteiger partial charge in [-0.15, -0.1) is 0 Å². The van der Waals surface area contributed by atoms with Crippen molar-refractivity contribution in [2.24, 2.45) is 5.92 Å². The van der Waals surface area contributed by atoms with Crippen LogP contribution >= 0.6 is 0 Å². The maximum atomic E-state index is 12.1. The van der Waals surface area contributed by atoms with E-state index in [1.54, 1.807) is 18.0 Å². The lowest BCUT2D eigenvalue weighted by molar-refractivity contribution is -0.145. The maximum Gasteiger partial charge on any atom is 0.654 e. The Morgan fingerprint density at radius 1 is 1.27 bits per heavy atom. The highest BCUT2D eigenvalue weighted by molar-refractivity contribution is 6.64. The number of nitrogens with zero attached hydrogens (tertiary/aromatic N) is 3. The van der Waals surface area contributed by atoms with Crippen molar-refractivity contribution in [1.29, 1.82) is 0 Å². The van der Waals surface area contributed by atoms with Gasteiger partial charge in [0.1, 0.15) is 5.65 Å². The number of carbonyl (C=O) groups excluding carboxylic acids is 2. The van der Waals surface area contributed by atoms with Gasteiger partial charge in [-0.1, -0.05) is 6.58 Å². The molecule has 3 heterocycles. The molecule has 134 valence electrons. The highest BCUT2D eigenvalue weighted by Crippen LogP contribution is 2.31. The first kappa shape index (κ1) is 16.8. The predicted octanol–water partition coefficient (Wildman–Crippen LogP) is 0.816. The number of hydrogen-bond donors (Lipinski definition) is 0. The molecule has 0 radical (unpaired) electrons. The molecule has 0 amide bonds. The molecule has 0 spiro atoms. The molecule has 0 unspecified atom stereocenters. The number of rotatable bonds is 4. The SMILES string of the molecule is C=Cc1ccc2cc(B3OC(=O)CN(C)CC(=O)O3)n(CC3CC3)c2n1. The Hall–Kier alpha value is -2.61. The van der Waals surface area contributed by atoms with E-state index in [0.717, 1.165) is 36.1 Å². The molecule has 0 atom stereocenters. The zero-order valence-corrected chi connectivity index (χ0v) is 14.7. The number of fused-ring (bicyclic) bond motifs is 1. The molecule has 0 N–H and O–H groups in total. The van der Waals surface area contributed by atoms with E-state index in [-0.39, 0.29) is 13.1 Å². The van der Waals surface area contributed by atoms with Crippen molar-refractivity contribution in [2.75, 3.05) is 20.1 Å². The Labute approximate surface area is 151 Å². The minimum Gasteiger partial charge on any atom is -0.493 e. The van der Waals surface area contributed by atoms with Crippen molar-refractivity contribution in [2.45, 2.75) is 19.4 Å². The van der Waals surface area contributed by atoms with E-state index in [0.29, 0.717) is 11.5 Å². The zero-order chi connectivity index (χ0) is 18.3. The standard InChI is InChI=1S/C18H20BN3O4/c1-3-14-7-6-13-8-15(22(18(13)20-14)9-12-4-5-12)19-25-16(23)10-21(2)11-17(24)26-19/h3,6-8,12H,1,4-5,9-11H2,2H3. The minimum atomic E-state index is -1.05. The van der Waals surface area contributed by atoms with Crippen molar-refractivity contribution in [3.8, 4) is 0 Å². The molecule has 1 aliphatic carbocycles. The van der Waals surface area contributed by atoms with Crippen molar-refractivity contribution in [1.82, 2.24) is 14.5 Å². The van der Waals surface area contributed by atoms with Crippen LogP contribution in [-0.2, 0) is 25.4 Å². The Balaban J connectivity index is 1.76. The summed E-state index contributed by atoms with van der Waals surface area (Å²) in [7, 11) is 0.622. The summed E-state index contributed by atoms with van der Waals surface area (Å²) in [6.45, 7) is 4.63. The molecule has 0 aromatic carbocycles. The van der Waals surface area contributed by atoms with E-state index in [4.69, 9.17) is 9.31 Å². The second-order valence-corrected chi connectivity index (χ2v) is 6.96. The van der Waals surface area contributed by atoms with Gasteiger partial charge in [0.25, 0.3) is 0 Å². The van der Waals surface area contributed by atoms with E-state index in [1.807, 2.05) is 22.8 Å². The molecule has 8 heteroatoms. The molecule has 7 nitrogen and oxygen atoms in total. The lowest BCUT2D eigenvalue weighted by Gasteiger charge is -2.23. The molecule has 2 aromatic rings. The summed E-state index contributed by atoms with van der Waals surface area (Å²) >= 11 is 0. The van der Waals surface area contributed by atoms with Gasteiger partial charge in [0.15, 0.2) is 0 Å². The van der Waals surface area contributed by atoms with Crippen LogP contribution in [-0.4, -0.2) is 53.6 Å². The van der Waals surface area contributed by atoms with Gasteiger partial charge < -0.3 is 13.9 Å². The van der Waals surface area contributed by atoms with Crippen molar-refractivity contribution in [3.05, 3.63) is 30.5 Å². The summed E-state index contributed by atoms with van der Waals surface area (Å²) in [5, 5.41) is 0.914. The van der Waals surface area contributed by atoms with Crippen molar-refractivity contribution < 1.29 is 18.9 Å². The molecule has 0 bridgehead atoms. The second kappa shape index (κ2) is 6.61. The number of pyridine rings is 1. The summed E-state index contributed by atoms with van der Waals surface area (Å²) in [6.07, 6.45) is 4.02. The van der Waals surface area contributed by atoms with Crippen LogP contribution in [0.2, 0.25) is 0 Å². The highest BCUT2D eigenvalue weighted by atomic mass is 16.6. The summed E-state index contributed by atoms with van der Waals surface area (Å²) < 4.78 is 12.9. The van der Waals surface area contributed by atoms with Gasteiger partial charge in [0.2, 0.25) is 0 Å². The fourth-order valence-corrected chi connectivity index (χ4v) is 3.18. The molecule has 4 rings (SSSR count). The molecule has 26 heavy (non-hydrogen) atoms. The predicted molar refractivity (Wildman–Crippen MR) is 97.6 cm³/mol. The fraction of sp³-hybridized carbons (Fsp3) is 0.389. The van der Waals surface area contributed by atoms with Crippen LogP contribution in [0.25, 0.3) is 17.1 Å². The van der Waals surface area contributed by atoms with Crippen LogP contribution < -0.4 is 5.59 Å².